The number of ketones is 1. The third-order valence-corrected chi connectivity index (χ3v) is 5.13. The lowest BCUT2D eigenvalue weighted by Gasteiger charge is -2.25. The van der Waals surface area contributed by atoms with Crippen molar-refractivity contribution in [1.29, 1.82) is 0 Å². The second kappa shape index (κ2) is 8.49. The van der Waals surface area contributed by atoms with E-state index in [2.05, 4.69) is 0 Å². The number of aromatic hydroxyl groups is 1. The second-order valence-electron chi connectivity index (χ2n) is 7.13. The molecule has 1 atom stereocenters. The van der Waals surface area contributed by atoms with E-state index < -0.39 is 17.7 Å². The van der Waals surface area contributed by atoms with Gasteiger partial charge >= 0.3 is 0 Å². The van der Waals surface area contributed by atoms with Crippen molar-refractivity contribution >= 4 is 17.4 Å². The van der Waals surface area contributed by atoms with Gasteiger partial charge in [-0.05, 0) is 43.2 Å². The van der Waals surface area contributed by atoms with Gasteiger partial charge in [-0.2, -0.15) is 0 Å². The zero-order valence-corrected chi connectivity index (χ0v) is 17.4. The molecular formula is C23H25NO6. The smallest absolute Gasteiger partial charge is 0.295 e. The van der Waals surface area contributed by atoms with Crippen LogP contribution in [0.5, 0.6) is 17.2 Å². The Morgan fingerprint density at radius 1 is 1.07 bits per heavy atom. The Morgan fingerprint density at radius 3 is 2.33 bits per heavy atom. The van der Waals surface area contributed by atoms with Gasteiger partial charge in [0.2, 0.25) is 0 Å². The highest BCUT2D eigenvalue weighted by Gasteiger charge is 2.46. The maximum Gasteiger partial charge on any atom is 0.295 e. The summed E-state index contributed by atoms with van der Waals surface area (Å²) in [6.45, 7) is 4.07. The molecular weight excluding hydrogens is 386 g/mol. The van der Waals surface area contributed by atoms with E-state index in [0.29, 0.717) is 29.8 Å². The van der Waals surface area contributed by atoms with Crippen LogP contribution in [0.1, 0.15) is 36.1 Å². The van der Waals surface area contributed by atoms with Gasteiger partial charge in [-0.15, -0.1) is 0 Å². The first-order valence-electron chi connectivity index (χ1n) is 9.64. The Kier molecular flexibility index (Phi) is 6.01. The monoisotopic (exact) mass is 411 g/mol. The molecule has 1 saturated heterocycles. The minimum Gasteiger partial charge on any atom is -0.507 e. The summed E-state index contributed by atoms with van der Waals surface area (Å²) in [6.07, 6.45) is 0.624. The lowest BCUT2D eigenvalue weighted by molar-refractivity contribution is -0.139. The van der Waals surface area contributed by atoms with Crippen LogP contribution in [0.3, 0.4) is 0 Å². The number of methoxy groups -OCH3 is 2. The van der Waals surface area contributed by atoms with Gasteiger partial charge in [-0.1, -0.05) is 24.6 Å². The van der Waals surface area contributed by atoms with E-state index >= 15 is 0 Å². The zero-order valence-electron chi connectivity index (χ0n) is 17.4. The van der Waals surface area contributed by atoms with Crippen LogP contribution in [0.25, 0.3) is 5.76 Å². The average molecular weight is 411 g/mol. The molecule has 0 saturated carbocycles. The van der Waals surface area contributed by atoms with Crippen molar-refractivity contribution < 1.29 is 29.3 Å². The van der Waals surface area contributed by atoms with Crippen molar-refractivity contribution in [3.8, 4) is 17.2 Å². The molecule has 0 spiro atoms. The number of amides is 1. The fourth-order valence-corrected chi connectivity index (χ4v) is 3.73. The number of rotatable bonds is 6. The first-order chi connectivity index (χ1) is 14.3. The van der Waals surface area contributed by atoms with E-state index in [0.717, 1.165) is 5.56 Å². The Morgan fingerprint density at radius 2 is 1.73 bits per heavy atom. The normalized spacial score (nSPS) is 18.0. The van der Waals surface area contributed by atoms with Gasteiger partial charge in [0.25, 0.3) is 11.7 Å². The average Bonchev–Trinajstić information content (AvgIpc) is 2.98. The van der Waals surface area contributed by atoms with Crippen molar-refractivity contribution in [2.75, 3.05) is 20.8 Å². The number of benzene rings is 2. The van der Waals surface area contributed by atoms with Crippen LogP contribution in [0.4, 0.5) is 0 Å². The first-order valence-corrected chi connectivity index (χ1v) is 9.64. The fourth-order valence-electron chi connectivity index (χ4n) is 3.73. The summed E-state index contributed by atoms with van der Waals surface area (Å²) in [5.74, 6) is -1.24. The lowest BCUT2D eigenvalue weighted by Crippen LogP contribution is -2.30. The third-order valence-electron chi connectivity index (χ3n) is 5.13. The molecule has 1 aliphatic rings. The lowest BCUT2D eigenvalue weighted by atomic mass is 9.94. The van der Waals surface area contributed by atoms with Crippen molar-refractivity contribution in [2.45, 2.75) is 26.3 Å². The SMILES string of the molecule is CCCN1C(=O)C(=O)/C(=C(/O)c2cc(C)ccc2OC)C1c1ccc(OC)c(O)c1. The maximum absolute atomic E-state index is 12.9. The van der Waals surface area contributed by atoms with E-state index in [4.69, 9.17) is 9.47 Å². The number of carbonyl (C=O) groups excluding carboxylic acids is 2. The Bertz CT molecular complexity index is 1030. The van der Waals surface area contributed by atoms with Crippen LogP contribution in [0, 0.1) is 6.92 Å². The molecule has 1 fully saturated rings. The summed E-state index contributed by atoms with van der Waals surface area (Å²) < 4.78 is 10.4. The van der Waals surface area contributed by atoms with Crippen LogP contribution >= 0.6 is 0 Å². The summed E-state index contributed by atoms with van der Waals surface area (Å²) >= 11 is 0. The molecule has 0 aromatic heterocycles. The number of nitrogens with zero attached hydrogens (tertiary/aromatic N) is 1. The summed E-state index contributed by atoms with van der Waals surface area (Å²) in [5.41, 5.74) is 1.64. The Hall–Kier alpha value is -3.48. The minimum absolute atomic E-state index is 0.0399. The quantitative estimate of drug-likeness (QED) is 0.429. The van der Waals surface area contributed by atoms with Gasteiger partial charge in [-0.3, -0.25) is 9.59 Å². The number of carbonyl (C=O) groups is 2. The molecule has 1 heterocycles. The highest BCUT2D eigenvalue weighted by Crippen LogP contribution is 2.42. The van der Waals surface area contributed by atoms with Crippen LogP contribution in [0.15, 0.2) is 42.0 Å². The van der Waals surface area contributed by atoms with E-state index in [1.54, 1.807) is 24.3 Å². The second-order valence-corrected chi connectivity index (χ2v) is 7.13. The van der Waals surface area contributed by atoms with Crippen LogP contribution in [-0.4, -0.2) is 47.6 Å². The standard InChI is InChI=1S/C23H25NO6/c1-5-10-24-20(14-7-9-18(30-4)16(25)12-14)19(22(27)23(24)28)21(26)15-11-13(2)6-8-17(15)29-3/h6-9,11-12,20,25-26H,5,10H2,1-4H3/b21-19+. The summed E-state index contributed by atoms with van der Waals surface area (Å²) in [6, 6.07) is 9.04. The number of aryl methyl sites for hydroxylation is 1. The number of phenolic OH excluding ortho intramolecular Hbond substituents is 1. The summed E-state index contributed by atoms with van der Waals surface area (Å²) in [4.78, 5) is 27.1. The molecule has 30 heavy (non-hydrogen) atoms. The zero-order chi connectivity index (χ0) is 22.0. The molecule has 158 valence electrons. The molecule has 2 aromatic rings. The molecule has 1 unspecified atom stereocenters. The topological polar surface area (TPSA) is 96.3 Å². The van der Waals surface area contributed by atoms with Crippen molar-refractivity contribution in [1.82, 2.24) is 4.90 Å². The predicted molar refractivity (Wildman–Crippen MR) is 112 cm³/mol. The molecule has 2 N–H and O–H groups in total. The minimum atomic E-state index is -0.841. The number of hydrogen-bond acceptors (Lipinski definition) is 6. The first kappa shape index (κ1) is 21.2. The number of hydrogen-bond donors (Lipinski definition) is 2. The van der Waals surface area contributed by atoms with Crippen LogP contribution in [-0.2, 0) is 9.59 Å². The molecule has 0 aliphatic carbocycles. The number of aliphatic hydroxyl groups is 1. The molecule has 0 radical (unpaired) electrons. The third kappa shape index (κ3) is 3.58. The molecule has 3 rings (SSSR count). The molecule has 2 aromatic carbocycles. The summed E-state index contributed by atoms with van der Waals surface area (Å²) in [5, 5.41) is 21.4. The molecule has 0 bridgehead atoms. The number of phenols is 1. The fraction of sp³-hybridized carbons (Fsp3) is 0.304. The molecule has 1 aliphatic heterocycles. The van der Waals surface area contributed by atoms with E-state index in [1.165, 1.54) is 25.2 Å². The van der Waals surface area contributed by atoms with Gasteiger partial charge in [0, 0.05) is 6.54 Å². The number of likely N-dealkylation sites (tertiary alicyclic amines) is 1. The molecule has 1 amide bonds. The van der Waals surface area contributed by atoms with Crippen molar-refractivity contribution in [2.24, 2.45) is 0 Å². The highest BCUT2D eigenvalue weighted by atomic mass is 16.5. The van der Waals surface area contributed by atoms with Crippen molar-refractivity contribution in [3.05, 3.63) is 58.7 Å². The van der Waals surface area contributed by atoms with Gasteiger partial charge in [-0.25, -0.2) is 0 Å². The van der Waals surface area contributed by atoms with E-state index in [9.17, 15) is 19.8 Å². The number of ether oxygens (including phenoxy) is 2. The van der Waals surface area contributed by atoms with Crippen molar-refractivity contribution in [3.63, 3.8) is 0 Å². The van der Waals surface area contributed by atoms with Gasteiger partial charge in [0.15, 0.2) is 11.5 Å². The van der Waals surface area contributed by atoms with Crippen LogP contribution in [0.2, 0.25) is 0 Å². The number of aliphatic hydroxyl groups excluding tert-OH is 1. The van der Waals surface area contributed by atoms with E-state index in [1.807, 2.05) is 19.9 Å². The maximum atomic E-state index is 12.9. The van der Waals surface area contributed by atoms with Gasteiger partial charge in [0.05, 0.1) is 31.4 Å². The van der Waals surface area contributed by atoms with Gasteiger partial charge in [0.1, 0.15) is 11.5 Å². The van der Waals surface area contributed by atoms with E-state index in [-0.39, 0.29) is 22.8 Å². The Balaban J connectivity index is 2.26. The number of Topliss-reactive ketones (excluding diaryl/α,β-unsaturated/α-hetero) is 1. The molecule has 7 heteroatoms. The molecule has 7 nitrogen and oxygen atoms in total. The van der Waals surface area contributed by atoms with Gasteiger partial charge < -0.3 is 24.6 Å². The predicted octanol–water partition coefficient (Wildman–Crippen LogP) is 3.55. The highest BCUT2D eigenvalue weighted by molar-refractivity contribution is 6.46. The van der Waals surface area contributed by atoms with Crippen LogP contribution < -0.4 is 9.47 Å². The largest absolute Gasteiger partial charge is 0.507 e. The summed E-state index contributed by atoms with van der Waals surface area (Å²) in [7, 11) is 2.90. The Labute approximate surface area is 175 Å².